The number of thiazole rings is 1. The highest BCUT2D eigenvalue weighted by Gasteiger charge is 2.12. The normalized spacial score (nSPS) is 11.6. The molecule has 2 aromatic carbocycles. The third-order valence-electron chi connectivity index (χ3n) is 4.35. The number of esters is 1. The Morgan fingerprint density at radius 1 is 1.16 bits per heavy atom. The summed E-state index contributed by atoms with van der Waals surface area (Å²) in [6.07, 6.45) is 2.04. The van der Waals surface area contributed by atoms with Crippen molar-refractivity contribution in [1.29, 1.82) is 0 Å². The number of nitrogens with zero attached hydrogens (tertiary/aromatic N) is 2. The zero-order valence-corrected chi connectivity index (χ0v) is 20.1. The van der Waals surface area contributed by atoms with Gasteiger partial charge < -0.3 is 14.0 Å². The molecule has 0 aliphatic rings. The van der Waals surface area contributed by atoms with Gasteiger partial charge in [0.2, 0.25) is 0 Å². The summed E-state index contributed by atoms with van der Waals surface area (Å²) in [5, 5.41) is 0. The summed E-state index contributed by atoms with van der Waals surface area (Å²) in [5.41, 5.74) is 1.46. The van der Waals surface area contributed by atoms with Gasteiger partial charge in [0.1, 0.15) is 5.75 Å². The predicted octanol–water partition coefficient (Wildman–Crippen LogP) is 4.47. The van der Waals surface area contributed by atoms with E-state index < -0.39 is 0 Å². The molecular formula is C22H24N2O4S3. The lowest BCUT2D eigenvalue weighted by Crippen LogP contribution is -2.18. The number of methoxy groups -OCH3 is 1. The number of carbonyl (C=O) groups is 2. The SMILES string of the molecule is CCOC(=O)c1ccc2c(c1)sc(=NC(=O)CSc1ccc(OC)cc1)n2CCSC. The number of hydrogen-bond acceptors (Lipinski definition) is 7. The Morgan fingerprint density at radius 3 is 2.61 bits per heavy atom. The minimum atomic E-state index is -0.348. The Morgan fingerprint density at radius 2 is 1.94 bits per heavy atom. The van der Waals surface area contributed by atoms with Crippen molar-refractivity contribution in [3.63, 3.8) is 0 Å². The van der Waals surface area contributed by atoms with Gasteiger partial charge in [-0.05, 0) is 55.6 Å². The molecule has 3 rings (SSSR count). The summed E-state index contributed by atoms with van der Waals surface area (Å²) in [7, 11) is 1.62. The molecule has 9 heteroatoms. The zero-order valence-electron chi connectivity index (χ0n) is 17.6. The lowest BCUT2D eigenvalue weighted by Gasteiger charge is -2.05. The van der Waals surface area contributed by atoms with Gasteiger partial charge in [0.05, 0.1) is 35.2 Å². The van der Waals surface area contributed by atoms with Crippen LogP contribution in [-0.2, 0) is 16.1 Å². The maximum absolute atomic E-state index is 12.6. The number of benzene rings is 2. The van der Waals surface area contributed by atoms with Gasteiger partial charge in [-0.15, -0.1) is 11.8 Å². The average molecular weight is 477 g/mol. The van der Waals surface area contributed by atoms with Gasteiger partial charge in [0.25, 0.3) is 5.91 Å². The first-order valence-corrected chi connectivity index (χ1v) is 12.9. The van der Waals surface area contributed by atoms with Crippen molar-refractivity contribution < 1.29 is 19.1 Å². The monoisotopic (exact) mass is 476 g/mol. The molecule has 6 nitrogen and oxygen atoms in total. The molecule has 0 fully saturated rings. The van der Waals surface area contributed by atoms with Gasteiger partial charge in [0.15, 0.2) is 4.80 Å². The van der Waals surface area contributed by atoms with Crippen molar-refractivity contribution in [2.24, 2.45) is 4.99 Å². The van der Waals surface area contributed by atoms with E-state index in [1.54, 1.807) is 31.9 Å². The maximum atomic E-state index is 12.6. The van der Waals surface area contributed by atoms with Crippen LogP contribution in [0.5, 0.6) is 5.75 Å². The predicted molar refractivity (Wildman–Crippen MR) is 128 cm³/mol. The van der Waals surface area contributed by atoms with Gasteiger partial charge in [0, 0.05) is 17.2 Å². The van der Waals surface area contributed by atoms with Gasteiger partial charge in [-0.25, -0.2) is 4.79 Å². The summed E-state index contributed by atoms with van der Waals surface area (Å²) >= 11 is 4.58. The van der Waals surface area contributed by atoms with Crippen molar-refractivity contribution in [3.05, 3.63) is 52.8 Å². The number of rotatable bonds is 9. The van der Waals surface area contributed by atoms with E-state index in [4.69, 9.17) is 9.47 Å². The minimum absolute atomic E-state index is 0.198. The van der Waals surface area contributed by atoms with E-state index in [2.05, 4.69) is 4.99 Å². The van der Waals surface area contributed by atoms with E-state index >= 15 is 0 Å². The minimum Gasteiger partial charge on any atom is -0.497 e. The van der Waals surface area contributed by atoms with Crippen LogP contribution in [0, 0.1) is 0 Å². The topological polar surface area (TPSA) is 69.9 Å². The molecule has 1 amide bonds. The van der Waals surface area contributed by atoms with Crippen LogP contribution in [0.4, 0.5) is 0 Å². The summed E-state index contributed by atoms with van der Waals surface area (Å²) in [5.74, 6) is 1.38. The van der Waals surface area contributed by atoms with E-state index in [1.165, 1.54) is 23.1 Å². The lowest BCUT2D eigenvalue weighted by atomic mass is 10.2. The largest absolute Gasteiger partial charge is 0.497 e. The van der Waals surface area contributed by atoms with Crippen LogP contribution in [0.3, 0.4) is 0 Å². The third kappa shape index (κ3) is 6.15. The first-order chi connectivity index (χ1) is 15.0. The van der Waals surface area contributed by atoms with Crippen molar-refractivity contribution in [2.45, 2.75) is 18.4 Å². The van der Waals surface area contributed by atoms with Crippen LogP contribution in [-0.4, -0.2) is 47.9 Å². The number of ether oxygens (including phenoxy) is 2. The van der Waals surface area contributed by atoms with Gasteiger partial charge in [-0.2, -0.15) is 16.8 Å². The van der Waals surface area contributed by atoms with E-state index in [1.807, 2.05) is 47.2 Å². The van der Waals surface area contributed by atoms with Gasteiger partial charge >= 0.3 is 5.97 Å². The second kappa shape index (κ2) is 11.4. The Hall–Kier alpha value is -2.23. The Kier molecular flexibility index (Phi) is 8.62. The summed E-state index contributed by atoms with van der Waals surface area (Å²) in [6, 6.07) is 13.0. The summed E-state index contributed by atoms with van der Waals surface area (Å²) in [6.45, 7) is 2.85. The standard InChI is InChI=1S/C22H24N2O4S3/c1-4-28-21(26)15-5-10-18-19(13-15)31-22(24(18)11-12-29-3)23-20(25)14-30-17-8-6-16(27-2)7-9-17/h5-10,13H,4,11-12,14H2,1-3H3. The third-order valence-corrected chi connectivity index (χ3v) is 6.98. The van der Waals surface area contributed by atoms with Gasteiger partial charge in [-0.1, -0.05) is 11.3 Å². The van der Waals surface area contributed by atoms with Crippen LogP contribution in [0.2, 0.25) is 0 Å². The van der Waals surface area contributed by atoms with Crippen molar-refractivity contribution >= 4 is 57.0 Å². The number of aromatic nitrogens is 1. The highest BCUT2D eigenvalue weighted by Crippen LogP contribution is 2.22. The molecule has 0 aliphatic heterocycles. The molecule has 3 aromatic rings. The van der Waals surface area contributed by atoms with Crippen LogP contribution >= 0.6 is 34.9 Å². The molecule has 164 valence electrons. The molecule has 0 radical (unpaired) electrons. The fraction of sp³-hybridized carbons (Fsp3) is 0.318. The Bertz CT molecular complexity index is 1120. The molecule has 0 unspecified atom stereocenters. The number of aryl methyl sites for hydroxylation is 1. The van der Waals surface area contributed by atoms with E-state index in [0.29, 0.717) is 17.0 Å². The quantitative estimate of drug-likeness (QED) is 0.335. The zero-order chi connectivity index (χ0) is 22.2. The molecule has 0 atom stereocenters. The molecular weight excluding hydrogens is 452 g/mol. The number of fused-ring (bicyclic) bond motifs is 1. The molecule has 31 heavy (non-hydrogen) atoms. The second-order valence-electron chi connectivity index (χ2n) is 6.40. The molecule has 0 spiro atoms. The highest BCUT2D eigenvalue weighted by atomic mass is 32.2. The number of amides is 1. The Labute approximate surface area is 193 Å². The second-order valence-corrected chi connectivity index (χ2v) is 9.45. The highest BCUT2D eigenvalue weighted by molar-refractivity contribution is 8.00. The Balaban J connectivity index is 1.85. The molecule has 1 aromatic heterocycles. The molecule has 0 bridgehead atoms. The molecule has 0 saturated heterocycles. The fourth-order valence-electron chi connectivity index (χ4n) is 2.85. The first-order valence-electron chi connectivity index (χ1n) is 9.69. The number of carbonyl (C=O) groups excluding carboxylic acids is 2. The number of hydrogen-bond donors (Lipinski definition) is 0. The van der Waals surface area contributed by atoms with Crippen molar-refractivity contribution in [1.82, 2.24) is 4.57 Å². The molecule has 0 aliphatic carbocycles. The van der Waals surface area contributed by atoms with Crippen LogP contribution in [0.1, 0.15) is 17.3 Å². The average Bonchev–Trinajstić information content (AvgIpc) is 3.12. The van der Waals surface area contributed by atoms with E-state index in [9.17, 15) is 9.59 Å². The smallest absolute Gasteiger partial charge is 0.338 e. The van der Waals surface area contributed by atoms with Gasteiger partial charge in [-0.3, -0.25) is 4.79 Å². The fourth-order valence-corrected chi connectivity index (χ4v) is 5.02. The van der Waals surface area contributed by atoms with Crippen LogP contribution in [0.25, 0.3) is 10.2 Å². The van der Waals surface area contributed by atoms with Crippen molar-refractivity contribution in [2.75, 3.05) is 31.5 Å². The molecule has 1 heterocycles. The summed E-state index contributed by atoms with van der Waals surface area (Å²) in [4.78, 5) is 30.7. The van der Waals surface area contributed by atoms with E-state index in [-0.39, 0.29) is 17.6 Å². The van der Waals surface area contributed by atoms with E-state index in [0.717, 1.165) is 33.2 Å². The first kappa shape index (κ1) is 23.4. The van der Waals surface area contributed by atoms with Crippen molar-refractivity contribution in [3.8, 4) is 5.75 Å². The summed E-state index contributed by atoms with van der Waals surface area (Å²) < 4.78 is 13.2. The van der Waals surface area contributed by atoms with Crippen LogP contribution < -0.4 is 9.54 Å². The maximum Gasteiger partial charge on any atom is 0.338 e. The number of thioether (sulfide) groups is 2. The van der Waals surface area contributed by atoms with Crippen LogP contribution in [0.15, 0.2) is 52.4 Å². The molecule has 0 saturated carbocycles. The molecule has 0 N–H and O–H groups in total. The lowest BCUT2D eigenvalue weighted by molar-refractivity contribution is -0.115.